The van der Waals surface area contributed by atoms with Crippen LogP contribution in [0.1, 0.15) is 22.5 Å². The van der Waals surface area contributed by atoms with Crippen LogP contribution in [0.2, 0.25) is 5.02 Å². The molecule has 140 valence electrons. The SMILES string of the molecule is O=C(NC1CCN2C(=O)N(c3ccc(F)c(Cl)c3)C(=O)C2C1)c1cccs1. The third kappa shape index (κ3) is 3.19. The first kappa shape index (κ1) is 17.9. The predicted octanol–water partition coefficient (Wildman–Crippen LogP) is 3.27. The molecule has 9 heteroatoms. The summed E-state index contributed by atoms with van der Waals surface area (Å²) in [6, 6.07) is 5.98. The molecule has 4 rings (SSSR count). The molecule has 1 N–H and O–H groups in total. The fourth-order valence-corrected chi connectivity index (χ4v) is 4.26. The van der Waals surface area contributed by atoms with Crippen LogP contribution in [0, 0.1) is 5.82 Å². The number of amides is 4. The van der Waals surface area contributed by atoms with Crippen molar-refractivity contribution in [2.75, 3.05) is 11.4 Å². The number of thiophene rings is 1. The molecule has 2 aromatic rings. The molecule has 0 radical (unpaired) electrons. The van der Waals surface area contributed by atoms with Crippen LogP contribution >= 0.6 is 22.9 Å². The van der Waals surface area contributed by atoms with Crippen molar-refractivity contribution in [3.05, 3.63) is 51.4 Å². The molecular weight excluding hydrogens is 393 g/mol. The largest absolute Gasteiger partial charge is 0.348 e. The molecule has 0 spiro atoms. The molecule has 0 saturated carbocycles. The second-order valence-corrected chi connectivity index (χ2v) is 7.79. The fourth-order valence-electron chi connectivity index (χ4n) is 3.46. The first-order chi connectivity index (χ1) is 13.0. The molecule has 2 atom stereocenters. The number of hydrogen-bond acceptors (Lipinski definition) is 4. The first-order valence-electron chi connectivity index (χ1n) is 8.39. The lowest BCUT2D eigenvalue weighted by molar-refractivity contribution is -0.120. The van der Waals surface area contributed by atoms with Crippen LogP contribution in [-0.2, 0) is 4.79 Å². The van der Waals surface area contributed by atoms with E-state index < -0.39 is 23.8 Å². The van der Waals surface area contributed by atoms with Crippen LogP contribution in [-0.4, -0.2) is 41.4 Å². The summed E-state index contributed by atoms with van der Waals surface area (Å²) in [6.07, 6.45) is 0.901. The van der Waals surface area contributed by atoms with Gasteiger partial charge >= 0.3 is 6.03 Å². The topological polar surface area (TPSA) is 69.7 Å². The van der Waals surface area contributed by atoms with E-state index in [1.165, 1.54) is 28.4 Å². The summed E-state index contributed by atoms with van der Waals surface area (Å²) in [5, 5.41) is 4.60. The van der Waals surface area contributed by atoms with Gasteiger partial charge in [0, 0.05) is 12.6 Å². The summed E-state index contributed by atoms with van der Waals surface area (Å²) in [4.78, 5) is 40.9. The van der Waals surface area contributed by atoms with Gasteiger partial charge in [-0.05, 0) is 42.5 Å². The van der Waals surface area contributed by atoms with Gasteiger partial charge in [-0.25, -0.2) is 14.1 Å². The number of fused-ring (bicyclic) bond motifs is 1. The molecule has 1 aromatic carbocycles. The smallest absolute Gasteiger partial charge is 0.332 e. The number of halogens is 2. The molecule has 2 aliphatic heterocycles. The number of hydrogen-bond donors (Lipinski definition) is 1. The highest BCUT2D eigenvalue weighted by atomic mass is 35.5. The lowest BCUT2D eigenvalue weighted by atomic mass is 9.98. The van der Waals surface area contributed by atoms with E-state index in [2.05, 4.69) is 5.32 Å². The van der Waals surface area contributed by atoms with Gasteiger partial charge in [-0.1, -0.05) is 17.7 Å². The Bertz CT molecular complexity index is 921. The van der Waals surface area contributed by atoms with Crippen LogP contribution in [0.15, 0.2) is 35.7 Å². The molecule has 2 aliphatic rings. The highest BCUT2D eigenvalue weighted by molar-refractivity contribution is 7.12. The monoisotopic (exact) mass is 407 g/mol. The Kier molecular flexibility index (Phi) is 4.61. The van der Waals surface area contributed by atoms with Gasteiger partial charge in [0.2, 0.25) is 0 Å². The first-order valence-corrected chi connectivity index (χ1v) is 9.65. The Morgan fingerprint density at radius 3 is 2.81 bits per heavy atom. The molecule has 0 bridgehead atoms. The number of nitrogens with zero attached hydrogens (tertiary/aromatic N) is 2. The summed E-state index contributed by atoms with van der Waals surface area (Å²) in [7, 11) is 0. The van der Waals surface area contributed by atoms with Crippen molar-refractivity contribution in [1.29, 1.82) is 0 Å². The van der Waals surface area contributed by atoms with Crippen molar-refractivity contribution < 1.29 is 18.8 Å². The molecule has 6 nitrogen and oxygen atoms in total. The Morgan fingerprint density at radius 2 is 2.11 bits per heavy atom. The molecule has 0 aliphatic carbocycles. The molecule has 2 fully saturated rings. The summed E-state index contributed by atoms with van der Waals surface area (Å²) in [5.41, 5.74) is 0.241. The minimum Gasteiger partial charge on any atom is -0.348 e. The Hall–Kier alpha value is -2.45. The number of piperidine rings is 1. The van der Waals surface area contributed by atoms with E-state index in [0.717, 1.165) is 11.0 Å². The number of anilines is 1. The lowest BCUT2D eigenvalue weighted by Crippen LogP contribution is -2.49. The predicted molar refractivity (Wildman–Crippen MR) is 99.6 cm³/mol. The van der Waals surface area contributed by atoms with E-state index >= 15 is 0 Å². The van der Waals surface area contributed by atoms with Crippen LogP contribution in [0.5, 0.6) is 0 Å². The normalized spacial score (nSPS) is 22.1. The van der Waals surface area contributed by atoms with Crippen molar-refractivity contribution in [2.45, 2.75) is 24.9 Å². The molecule has 2 saturated heterocycles. The molecule has 3 heterocycles. The number of urea groups is 1. The van der Waals surface area contributed by atoms with Crippen molar-refractivity contribution in [3.63, 3.8) is 0 Å². The number of rotatable bonds is 3. The van der Waals surface area contributed by atoms with Crippen molar-refractivity contribution in [3.8, 4) is 0 Å². The maximum absolute atomic E-state index is 13.4. The van der Waals surface area contributed by atoms with Gasteiger partial charge in [0.1, 0.15) is 11.9 Å². The molecular formula is C18H15ClFN3O3S. The van der Waals surface area contributed by atoms with Gasteiger partial charge < -0.3 is 10.2 Å². The zero-order chi connectivity index (χ0) is 19.1. The van der Waals surface area contributed by atoms with Gasteiger partial charge in [-0.3, -0.25) is 9.59 Å². The van der Waals surface area contributed by atoms with E-state index in [4.69, 9.17) is 11.6 Å². The number of carbonyl (C=O) groups excluding carboxylic acids is 3. The number of benzene rings is 1. The van der Waals surface area contributed by atoms with Gasteiger partial charge in [0.05, 0.1) is 15.6 Å². The van der Waals surface area contributed by atoms with E-state index in [-0.39, 0.29) is 22.7 Å². The van der Waals surface area contributed by atoms with Crippen molar-refractivity contribution in [1.82, 2.24) is 10.2 Å². The molecule has 4 amide bonds. The van der Waals surface area contributed by atoms with E-state index in [1.54, 1.807) is 12.1 Å². The summed E-state index contributed by atoms with van der Waals surface area (Å²) in [6.45, 7) is 0.357. The van der Waals surface area contributed by atoms with Gasteiger partial charge in [-0.15, -0.1) is 11.3 Å². The van der Waals surface area contributed by atoms with E-state index in [9.17, 15) is 18.8 Å². The maximum atomic E-state index is 13.4. The molecule has 1 aromatic heterocycles. The highest BCUT2D eigenvalue weighted by Gasteiger charge is 2.48. The average molecular weight is 408 g/mol. The van der Waals surface area contributed by atoms with Crippen molar-refractivity contribution in [2.24, 2.45) is 0 Å². The van der Waals surface area contributed by atoms with Crippen LogP contribution in [0.3, 0.4) is 0 Å². The zero-order valence-corrected chi connectivity index (χ0v) is 15.6. The van der Waals surface area contributed by atoms with Gasteiger partial charge in [0.15, 0.2) is 0 Å². The Balaban J connectivity index is 1.51. The lowest BCUT2D eigenvalue weighted by Gasteiger charge is -2.32. The van der Waals surface area contributed by atoms with Gasteiger partial charge in [0.25, 0.3) is 11.8 Å². The third-order valence-corrected chi connectivity index (χ3v) is 5.94. The van der Waals surface area contributed by atoms with Gasteiger partial charge in [-0.2, -0.15) is 0 Å². The zero-order valence-electron chi connectivity index (χ0n) is 14.0. The summed E-state index contributed by atoms with van der Waals surface area (Å²) in [5.74, 6) is -1.19. The van der Waals surface area contributed by atoms with Crippen LogP contribution < -0.4 is 10.2 Å². The van der Waals surface area contributed by atoms with Crippen molar-refractivity contribution >= 4 is 46.5 Å². The number of nitrogens with one attached hydrogen (secondary N) is 1. The van der Waals surface area contributed by atoms with Crippen LogP contribution in [0.25, 0.3) is 0 Å². The fraction of sp³-hybridized carbons (Fsp3) is 0.278. The quantitative estimate of drug-likeness (QED) is 0.794. The van der Waals surface area contributed by atoms with E-state index in [0.29, 0.717) is 24.3 Å². The molecule has 2 unspecified atom stereocenters. The number of imide groups is 1. The minimum absolute atomic E-state index is 0.154. The second-order valence-electron chi connectivity index (χ2n) is 6.44. The Morgan fingerprint density at radius 1 is 1.30 bits per heavy atom. The highest BCUT2D eigenvalue weighted by Crippen LogP contribution is 2.32. The average Bonchev–Trinajstić information content (AvgIpc) is 3.26. The minimum atomic E-state index is -0.649. The van der Waals surface area contributed by atoms with Crippen LogP contribution in [0.4, 0.5) is 14.9 Å². The maximum Gasteiger partial charge on any atom is 0.332 e. The van der Waals surface area contributed by atoms with E-state index in [1.807, 2.05) is 5.38 Å². The summed E-state index contributed by atoms with van der Waals surface area (Å²) >= 11 is 7.13. The Labute approximate surface area is 163 Å². The second kappa shape index (κ2) is 6.94. The summed E-state index contributed by atoms with van der Waals surface area (Å²) < 4.78 is 13.4. The third-order valence-electron chi connectivity index (χ3n) is 4.79. The molecule has 27 heavy (non-hydrogen) atoms. The standard InChI is InChI=1S/C18H15ClFN3O3S/c19-12-9-11(3-4-13(12)20)23-17(25)14-8-10(5-6-22(14)18(23)26)21-16(24)15-2-1-7-27-15/h1-4,7,9-10,14H,5-6,8H2,(H,21,24). The number of carbonyl (C=O) groups is 3.